The highest BCUT2D eigenvalue weighted by Gasteiger charge is 2.33. The number of fused-ring (bicyclic) bond motifs is 1. The van der Waals surface area contributed by atoms with Crippen LogP contribution in [0.4, 0.5) is 11.4 Å². The molecule has 3 rings (SSSR count). The summed E-state index contributed by atoms with van der Waals surface area (Å²) in [4.78, 5) is 51.0. The molecule has 1 aromatic carbocycles. The fourth-order valence-electron chi connectivity index (χ4n) is 4.03. The van der Waals surface area contributed by atoms with Gasteiger partial charge in [-0.2, -0.15) is 0 Å². The molecule has 2 aliphatic rings. The number of hydrogen-bond donors (Lipinski definition) is 1. The van der Waals surface area contributed by atoms with Crippen LogP contribution in [0.1, 0.15) is 53.4 Å². The first-order chi connectivity index (χ1) is 14.4. The third kappa shape index (κ3) is 4.45. The van der Waals surface area contributed by atoms with Gasteiger partial charge < -0.3 is 15.4 Å². The monoisotopic (exact) mass is 413 g/mol. The van der Waals surface area contributed by atoms with Gasteiger partial charge in [0.25, 0.3) is 5.91 Å². The van der Waals surface area contributed by atoms with Crippen molar-refractivity contribution >= 4 is 46.9 Å². The molecule has 7 heteroatoms. The number of primary amides is 1. The number of hydrogen-bond acceptors (Lipinski definition) is 5. The van der Waals surface area contributed by atoms with E-state index in [2.05, 4.69) is 4.90 Å². The smallest absolute Gasteiger partial charge is 0.255 e. The maximum absolute atomic E-state index is 12.9. The molecule has 2 heterocycles. The van der Waals surface area contributed by atoms with E-state index in [0.717, 1.165) is 16.1 Å². The number of benzene rings is 1. The molecule has 2 amide bonds. The predicted molar refractivity (Wildman–Crippen MR) is 118 cm³/mol. The first-order valence-corrected chi connectivity index (χ1v) is 10.5. The Bertz CT molecular complexity index is 957. The van der Waals surface area contributed by atoms with Crippen molar-refractivity contribution in [1.29, 1.82) is 0 Å². The van der Waals surface area contributed by atoms with Crippen LogP contribution in [0.25, 0.3) is 11.6 Å². The third-order valence-electron chi connectivity index (χ3n) is 5.50. The Hall–Kier alpha value is -2.96. The Morgan fingerprint density at radius 3 is 2.30 bits per heavy atom. The molecule has 30 heavy (non-hydrogen) atoms. The van der Waals surface area contributed by atoms with Crippen molar-refractivity contribution in [2.75, 3.05) is 22.9 Å². The fraction of sp³-hybridized carbons (Fsp3) is 0.478. The van der Waals surface area contributed by atoms with E-state index in [1.807, 2.05) is 39.0 Å². The average molecular weight is 414 g/mol. The lowest BCUT2D eigenvalue weighted by Gasteiger charge is -2.29. The van der Waals surface area contributed by atoms with Crippen LogP contribution >= 0.6 is 0 Å². The number of anilines is 2. The Kier molecular flexibility index (Phi) is 7.92. The lowest BCUT2D eigenvalue weighted by molar-refractivity contribution is -0.120. The van der Waals surface area contributed by atoms with Crippen LogP contribution < -0.4 is 26.0 Å². The molecule has 162 valence electrons. The number of piperidine rings is 1. The molecule has 0 radical (unpaired) electrons. The van der Waals surface area contributed by atoms with E-state index in [1.165, 1.54) is 4.90 Å². The fourth-order valence-corrected chi connectivity index (χ4v) is 4.03. The highest BCUT2D eigenvalue weighted by Crippen LogP contribution is 2.25. The minimum absolute atomic E-state index is 0.0359. The summed E-state index contributed by atoms with van der Waals surface area (Å²) in [5.41, 5.74) is 7.45. The molecule has 2 aliphatic heterocycles. The van der Waals surface area contributed by atoms with Gasteiger partial charge >= 0.3 is 0 Å². The average Bonchev–Trinajstić information content (AvgIpc) is 3.01. The zero-order valence-corrected chi connectivity index (χ0v) is 18.2. The number of ketones is 1. The molecule has 1 aromatic rings. The van der Waals surface area contributed by atoms with Gasteiger partial charge in [-0.1, -0.05) is 19.9 Å². The molecule has 1 fully saturated rings. The van der Waals surface area contributed by atoms with E-state index in [9.17, 15) is 19.2 Å². The quantitative estimate of drug-likeness (QED) is 0.702. The van der Waals surface area contributed by atoms with E-state index in [0.29, 0.717) is 43.5 Å². The van der Waals surface area contributed by atoms with Crippen LogP contribution in [0.15, 0.2) is 12.1 Å². The summed E-state index contributed by atoms with van der Waals surface area (Å²) in [6.07, 6.45) is 3.93. The van der Waals surface area contributed by atoms with Crippen molar-refractivity contribution in [2.45, 2.75) is 59.4 Å². The molecule has 0 saturated carbocycles. The van der Waals surface area contributed by atoms with Crippen molar-refractivity contribution in [3.8, 4) is 0 Å². The van der Waals surface area contributed by atoms with Gasteiger partial charge in [0.1, 0.15) is 12.1 Å². The Morgan fingerprint density at radius 1 is 1.17 bits per heavy atom. The number of rotatable bonds is 6. The van der Waals surface area contributed by atoms with Gasteiger partial charge in [-0.15, -0.1) is 0 Å². The summed E-state index contributed by atoms with van der Waals surface area (Å²) in [5.74, 6) is -0.463. The van der Waals surface area contributed by atoms with Gasteiger partial charge in [-0.05, 0) is 32.4 Å². The van der Waals surface area contributed by atoms with Crippen molar-refractivity contribution in [1.82, 2.24) is 0 Å². The van der Waals surface area contributed by atoms with E-state index < -0.39 is 11.9 Å². The number of nitrogens with two attached hydrogens (primary N) is 1. The highest BCUT2D eigenvalue weighted by molar-refractivity contribution is 6.26. The molecule has 0 spiro atoms. The van der Waals surface area contributed by atoms with Crippen LogP contribution in [0.3, 0.4) is 0 Å². The van der Waals surface area contributed by atoms with Gasteiger partial charge in [0.15, 0.2) is 0 Å². The third-order valence-corrected chi connectivity index (χ3v) is 5.50. The van der Waals surface area contributed by atoms with Crippen LogP contribution in [-0.4, -0.2) is 43.0 Å². The SMILES string of the molecule is C/C=c1/c(N2CCC(=O)CC2)ccc2c1=C(C)C(=O)N2C(C=O)CCC(N)=O.CC. The van der Waals surface area contributed by atoms with Gasteiger partial charge in [0.2, 0.25) is 5.91 Å². The topological polar surface area (TPSA) is 101 Å². The number of amides is 2. The summed E-state index contributed by atoms with van der Waals surface area (Å²) >= 11 is 0. The summed E-state index contributed by atoms with van der Waals surface area (Å²) in [5, 5.41) is 1.74. The van der Waals surface area contributed by atoms with E-state index in [4.69, 9.17) is 5.73 Å². The van der Waals surface area contributed by atoms with Crippen LogP contribution in [0.2, 0.25) is 0 Å². The Morgan fingerprint density at radius 2 is 1.77 bits per heavy atom. The van der Waals surface area contributed by atoms with E-state index >= 15 is 0 Å². The van der Waals surface area contributed by atoms with E-state index in [-0.39, 0.29) is 24.5 Å². The van der Waals surface area contributed by atoms with Gasteiger partial charge in [-0.3, -0.25) is 19.3 Å². The van der Waals surface area contributed by atoms with Crippen LogP contribution in [0.5, 0.6) is 0 Å². The number of carbonyl (C=O) groups is 4. The normalized spacial score (nSPS) is 17.5. The standard InChI is InChI=1S/C21H25N3O4.C2H6/c1-3-16-17(23-10-8-15(26)9-11-23)5-6-18-20(16)13(2)21(28)24(18)14(12-25)4-7-19(22)27;1-2/h3,5-6,12,14H,4,7-11H2,1-2H3,(H2,22,27);1-2H3/b16-3-;. The molecular formula is C23H31N3O4. The molecule has 1 saturated heterocycles. The second kappa shape index (κ2) is 10.2. The number of carbonyl (C=O) groups excluding carboxylic acids is 4. The predicted octanol–water partition coefficient (Wildman–Crippen LogP) is 1.03. The van der Waals surface area contributed by atoms with E-state index in [1.54, 1.807) is 6.92 Å². The van der Waals surface area contributed by atoms with Gasteiger partial charge in [0.05, 0.1) is 11.7 Å². The largest absolute Gasteiger partial charge is 0.370 e. The lowest BCUT2D eigenvalue weighted by Crippen LogP contribution is -2.42. The summed E-state index contributed by atoms with van der Waals surface area (Å²) in [6, 6.07) is 3.06. The van der Waals surface area contributed by atoms with Gasteiger partial charge in [-0.25, -0.2) is 0 Å². The number of aldehydes is 1. The summed E-state index contributed by atoms with van der Waals surface area (Å²) < 4.78 is 0. The Balaban J connectivity index is 0.00000155. The zero-order valence-electron chi connectivity index (χ0n) is 18.2. The first kappa shape index (κ1) is 23.3. The van der Waals surface area contributed by atoms with Crippen LogP contribution in [-0.2, 0) is 19.2 Å². The minimum atomic E-state index is -0.737. The Labute approximate surface area is 177 Å². The number of nitrogens with zero attached hydrogens (tertiary/aromatic N) is 2. The highest BCUT2D eigenvalue weighted by atomic mass is 16.2. The summed E-state index contributed by atoms with van der Waals surface area (Å²) in [7, 11) is 0. The molecule has 2 N–H and O–H groups in total. The first-order valence-electron chi connectivity index (χ1n) is 10.5. The second-order valence-electron chi connectivity index (χ2n) is 7.22. The van der Waals surface area contributed by atoms with Crippen molar-refractivity contribution in [2.24, 2.45) is 5.73 Å². The molecule has 0 bridgehead atoms. The molecule has 1 atom stereocenters. The molecule has 0 aliphatic carbocycles. The minimum Gasteiger partial charge on any atom is -0.370 e. The van der Waals surface area contributed by atoms with Gasteiger partial charge in [0, 0.05) is 54.0 Å². The van der Waals surface area contributed by atoms with Crippen molar-refractivity contribution < 1.29 is 19.2 Å². The number of Topliss-reactive ketones (excluding diaryl/α,β-unsaturated/α-hetero) is 1. The maximum Gasteiger partial charge on any atom is 0.255 e. The molecular weight excluding hydrogens is 382 g/mol. The lowest BCUT2D eigenvalue weighted by atomic mass is 10.1. The maximum atomic E-state index is 12.9. The van der Waals surface area contributed by atoms with Crippen molar-refractivity contribution in [3.63, 3.8) is 0 Å². The molecule has 7 nitrogen and oxygen atoms in total. The zero-order chi connectivity index (χ0) is 22.4. The second-order valence-corrected chi connectivity index (χ2v) is 7.22. The van der Waals surface area contributed by atoms with Crippen LogP contribution in [0, 0.1) is 0 Å². The summed E-state index contributed by atoms with van der Waals surface area (Å²) in [6.45, 7) is 8.99. The molecule has 1 unspecified atom stereocenters. The van der Waals surface area contributed by atoms with Crippen molar-refractivity contribution in [3.05, 3.63) is 22.6 Å². The molecule has 0 aromatic heterocycles.